The first-order valence-electron chi connectivity index (χ1n) is 5.87. The average Bonchev–Trinajstić information content (AvgIpc) is 2.92. The molecule has 1 aromatic heterocycles. The molecule has 0 fully saturated rings. The van der Waals surface area contributed by atoms with Gasteiger partial charge in [0, 0.05) is 18.0 Å². The molecule has 1 amide bonds. The van der Waals surface area contributed by atoms with Crippen LogP contribution in [0.15, 0.2) is 30.6 Å². The van der Waals surface area contributed by atoms with Gasteiger partial charge in [-0.25, -0.2) is 13.8 Å². The van der Waals surface area contributed by atoms with E-state index in [2.05, 4.69) is 15.3 Å². The lowest BCUT2D eigenvalue weighted by molar-refractivity contribution is 0.0933. The van der Waals surface area contributed by atoms with Gasteiger partial charge in [0.1, 0.15) is 5.82 Å². The Morgan fingerprint density at radius 3 is 2.79 bits per heavy atom. The van der Waals surface area contributed by atoms with E-state index in [-0.39, 0.29) is 11.6 Å². The third kappa shape index (κ3) is 2.96. The maximum absolute atomic E-state index is 13.1. The summed E-state index contributed by atoms with van der Waals surface area (Å²) in [6.07, 6.45) is 3.87. The predicted octanol–water partition coefficient (Wildman–Crippen LogP) is 2.57. The summed E-state index contributed by atoms with van der Waals surface area (Å²) in [5.41, 5.74) is 0.0731. The molecule has 1 aromatic carbocycles. The molecule has 0 aliphatic rings. The average molecular weight is 265 g/mol. The van der Waals surface area contributed by atoms with Crippen molar-refractivity contribution in [2.75, 3.05) is 0 Å². The maximum atomic E-state index is 13.1. The van der Waals surface area contributed by atoms with E-state index in [4.69, 9.17) is 0 Å². The number of rotatable bonds is 4. The van der Waals surface area contributed by atoms with Gasteiger partial charge >= 0.3 is 0 Å². The second-order valence-electron chi connectivity index (χ2n) is 4.04. The fourth-order valence-electron chi connectivity index (χ4n) is 1.71. The Labute approximate surface area is 108 Å². The van der Waals surface area contributed by atoms with E-state index in [1.165, 1.54) is 6.07 Å². The number of aromatic amines is 1. The molecule has 1 atom stereocenters. The Morgan fingerprint density at radius 1 is 1.42 bits per heavy atom. The number of nitrogens with zero attached hydrogens (tertiary/aromatic N) is 1. The molecule has 2 aromatic rings. The standard InChI is InChI=1S/C13H13F2N3O/c1-2-11(12-16-5-6-17-12)18-13(19)8-3-4-9(14)10(15)7-8/h3-7,11H,2H2,1H3,(H,16,17)(H,18,19). The molecule has 1 heterocycles. The van der Waals surface area contributed by atoms with Crippen molar-refractivity contribution in [3.05, 3.63) is 53.6 Å². The van der Waals surface area contributed by atoms with Crippen molar-refractivity contribution < 1.29 is 13.6 Å². The van der Waals surface area contributed by atoms with Crippen LogP contribution in [0.2, 0.25) is 0 Å². The molecule has 2 N–H and O–H groups in total. The fraction of sp³-hybridized carbons (Fsp3) is 0.231. The lowest BCUT2D eigenvalue weighted by Gasteiger charge is -2.14. The van der Waals surface area contributed by atoms with Crippen molar-refractivity contribution in [2.24, 2.45) is 0 Å². The molecule has 0 bridgehead atoms. The normalized spacial score (nSPS) is 12.2. The molecule has 1 unspecified atom stereocenters. The summed E-state index contributed by atoms with van der Waals surface area (Å²) in [5.74, 6) is -1.87. The molecule has 100 valence electrons. The van der Waals surface area contributed by atoms with Crippen molar-refractivity contribution in [3.8, 4) is 0 Å². The number of hydrogen-bond donors (Lipinski definition) is 2. The molecular formula is C13H13F2N3O. The minimum absolute atomic E-state index is 0.0731. The number of H-pyrrole nitrogens is 1. The third-order valence-electron chi connectivity index (χ3n) is 2.74. The van der Waals surface area contributed by atoms with E-state index in [1.54, 1.807) is 12.4 Å². The van der Waals surface area contributed by atoms with Crippen LogP contribution in [-0.4, -0.2) is 15.9 Å². The zero-order valence-electron chi connectivity index (χ0n) is 10.3. The van der Waals surface area contributed by atoms with Crippen LogP contribution < -0.4 is 5.32 Å². The first-order valence-corrected chi connectivity index (χ1v) is 5.87. The van der Waals surface area contributed by atoms with Gasteiger partial charge in [0.25, 0.3) is 5.91 Å². The monoisotopic (exact) mass is 265 g/mol. The number of halogens is 2. The van der Waals surface area contributed by atoms with Crippen LogP contribution in [0, 0.1) is 11.6 Å². The van der Waals surface area contributed by atoms with Gasteiger partial charge in [-0.05, 0) is 24.6 Å². The fourth-order valence-corrected chi connectivity index (χ4v) is 1.71. The summed E-state index contributed by atoms with van der Waals surface area (Å²) in [5, 5.41) is 2.71. The SMILES string of the molecule is CCC(NC(=O)c1ccc(F)c(F)c1)c1ncc[nH]1. The van der Waals surface area contributed by atoms with Gasteiger partial charge in [0.15, 0.2) is 11.6 Å². The number of carbonyl (C=O) groups is 1. The maximum Gasteiger partial charge on any atom is 0.251 e. The van der Waals surface area contributed by atoms with Crippen molar-refractivity contribution in [1.82, 2.24) is 15.3 Å². The van der Waals surface area contributed by atoms with Gasteiger partial charge in [0.2, 0.25) is 0 Å². The number of imidazole rings is 1. The largest absolute Gasteiger partial charge is 0.347 e. The second-order valence-corrected chi connectivity index (χ2v) is 4.04. The van der Waals surface area contributed by atoms with Gasteiger partial charge in [0.05, 0.1) is 6.04 Å². The highest BCUT2D eigenvalue weighted by atomic mass is 19.2. The third-order valence-corrected chi connectivity index (χ3v) is 2.74. The van der Waals surface area contributed by atoms with Gasteiger partial charge < -0.3 is 10.3 Å². The van der Waals surface area contributed by atoms with E-state index in [1.807, 2.05) is 6.92 Å². The highest BCUT2D eigenvalue weighted by Crippen LogP contribution is 2.14. The Hall–Kier alpha value is -2.24. The number of amides is 1. The Bertz CT molecular complexity index is 569. The van der Waals surface area contributed by atoms with Gasteiger partial charge in [-0.3, -0.25) is 4.79 Å². The first kappa shape index (κ1) is 13.2. The number of nitrogens with one attached hydrogen (secondary N) is 2. The van der Waals surface area contributed by atoms with E-state index >= 15 is 0 Å². The summed E-state index contributed by atoms with van der Waals surface area (Å²) < 4.78 is 25.9. The molecule has 2 rings (SSSR count). The van der Waals surface area contributed by atoms with Crippen LogP contribution in [0.4, 0.5) is 8.78 Å². The van der Waals surface area contributed by atoms with Crippen LogP contribution >= 0.6 is 0 Å². The Balaban J connectivity index is 2.13. The van der Waals surface area contributed by atoms with E-state index in [0.717, 1.165) is 12.1 Å². The molecule has 19 heavy (non-hydrogen) atoms. The highest BCUT2D eigenvalue weighted by Gasteiger charge is 2.16. The van der Waals surface area contributed by atoms with Crippen molar-refractivity contribution in [3.63, 3.8) is 0 Å². The zero-order valence-corrected chi connectivity index (χ0v) is 10.3. The Morgan fingerprint density at radius 2 is 2.21 bits per heavy atom. The topological polar surface area (TPSA) is 57.8 Å². The lowest BCUT2D eigenvalue weighted by atomic mass is 10.1. The summed E-state index contributed by atoms with van der Waals surface area (Å²) in [7, 11) is 0. The molecule has 0 radical (unpaired) electrons. The van der Waals surface area contributed by atoms with Crippen LogP contribution in [0.3, 0.4) is 0 Å². The number of carbonyl (C=O) groups excluding carboxylic acids is 1. The smallest absolute Gasteiger partial charge is 0.251 e. The van der Waals surface area contributed by atoms with Gasteiger partial charge in [-0.15, -0.1) is 0 Å². The van der Waals surface area contributed by atoms with Gasteiger partial charge in [-0.1, -0.05) is 6.92 Å². The van der Waals surface area contributed by atoms with E-state index < -0.39 is 17.5 Å². The minimum Gasteiger partial charge on any atom is -0.347 e. The quantitative estimate of drug-likeness (QED) is 0.892. The second kappa shape index (κ2) is 5.60. The zero-order chi connectivity index (χ0) is 13.8. The molecule has 4 nitrogen and oxygen atoms in total. The van der Waals surface area contributed by atoms with Crippen LogP contribution in [-0.2, 0) is 0 Å². The summed E-state index contributed by atoms with van der Waals surface area (Å²) in [6, 6.07) is 2.75. The number of benzene rings is 1. The Kier molecular flexibility index (Phi) is 3.89. The van der Waals surface area contributed by atoms with E-state index in [9.17, 15) is 13.6 Å². The van der Waals surface area contributed by atoms with Crippen LogP contribution in [0.25, 0.3) is 0 Å². The van der Waals surface area contributed by atoms with Crippen molar-refractivity contribution in [2.45, 2.75) is 19.4 Å². The number of aromatic nitrogens is 2. The summed E-state index contributed by atoms with van der Waals surface area (Å²) in [6.45, 7) is 1.89. The molecule has 0 spiro atoms. The minimum atomic E-state index is -1.04. The predicted molar refractivity (Wildman–Crippen MR) is 65.4 cm³/mol. The highest BCUT2D eigenvalue weighted by molar-refractivity contribution is 5.94. The molecule has 0 aliphatic carbocycles. The van der Waals surface area contributed by atoms with Crippen LogP contribution in [0.5, 0.6) is 0 Å². The van der Waals surface area contributed by atoms with Gasteiger partial charge in [-0.2, -0.15) is 0 Å². The summed E-state index contributed by atoms with van der Waals surface area (Å²) in [4.78, 5) is 18.9. The molecule has 6 heteroatoms. The molecule has 0 aliphatic heterocycles. The molecule has 0 saturated carbocycles. The van der Waals surface area contributed by atoms with Crippen LogP contribution in [0.1, 0.15) is 35.6 Å². The molecular weight excluding hydrogens is 252 g/mol. The van der Waals surface area contributed by atoms with E-state index in [0.29, 0.717) is 12.2 Å². The molecule has 0 saturated heterocycles. The first-order chi connectivity index (χ1) is 9.11. The lowest BCUT2D eigenvalue weighted by Crippen LogP contribution is -2.29. The van der Waals surface area contributed by atoms with Crippen molar-refractivity contribution >= 4 is 5.91 Å². The van der Waals surface area contributed by atoms with Crippen molar-refractivity contribution in [1.29, 1.82) is 0 Å². The number of hydrogen-bond acceptors (Lipinski definition) is 2. The summed E-state index contributed by atoms with van der Waals surface area (Å²) >= 11 is 0.